The van der Waals surface area contributed by atoms with Gasteiger partial charge in [0, 0.05) is 12.6 Å². The number of ether oxygens (including phenoxy) is 1. The van der Waals surface area contributed by atoms with Crippen molar-refractivity contribution in [3.05, 3.63) is 77.5 Å². The maximum atomic E-state index is 14.2. The quantitative estimate of drug-likeness (QED) is 0.514. The lowest BCUT2D eigenvalue weighted by Crippen LogP contribution is -2.37. The average molecular weight is 442 g/mol. The van der Waals surface area contributed by atoms with E-state index >= 15 is 0 Å². The van der Waals surface area contributed by atoms with Gasteiger partial charge in [-0.25, -0.2) is 13.5 Å². The molecule has 7 nitrogen and oxygen atoms in total. The van der Waals surface area contributed by atoms with Crippen LogP contribution < -0.4 is 5.32 Å². The number of rotatable bonds is 9. The van der Waals surface area contributed by atoms with Crippen LogP contribution in [0.15, 0.2) is 54.6 Å². The molecule has 32 heavy (non-hydrogen) atoms. The Hall–Kier alpha value is -3.59. The Morgan fingerprint density at radius 3 is 2.50 bits per heavy atom. The Morgan fingerprint density at radius 2 is 1.81 bits per heavy atom. The molecule has 0 atom stereocenters. The molecule has 3 aromatic rings. The highest BCUT2D eigenvalue weighted by Gasteiger charge is 2.19. The van der Waals surface area contributed by atoms with E-state index in [0.29, 0.717) is 11.5 Å². The Balaban J connectivity index is 1.75. The molecule has 1 N–H and O–H groups in total. The van der Waals surface area contributed by atoms with Crippen LogP contribution in [0, 0.1) is 18.6 Å². The molecular weight excluding hydrogens is 418 g/mol. The summed E-state index contributed by atoms with van der Waals surface area (Å²) < 4.78 is 33.8. The van der Waals surface area contributed by atoms with E-state index < -0.39 is 17.7 Å². The summed E-state index contributed by atoms with van der Waals surface area (Å²) in [4.78, 5) is 26.4. The van der Waals surface area contributed by atoms with Crippen LogP contribution >= 0.6 is 0 Å². The predicted octanol–water partition coefficient (Wildman–Crippen LogP) is 3.46. The van der Waals surface area contributed by atoms with Gasteiger partial charge in [0.15, 0.2) is 0 Å². The van der Waals surface area contributed by atoms with Crippen LogP contribution in [0.25, 0.3) is 5.69 Å². The Morgan fingerprint density at radius 1 is 1.09 bits per heavy atom. The molecule has 0 unspecified atom stereocenters. The zero-order valence-electron chi connectivity index (χ0n) is 17.8. The lowest BCUT2D eigenvalue weighted by Gasteiger charge is -2.21. The number of nitrogens with one attached hydrogen (secondary N) is 1. The average Bonchev–Trinajstić information content (AvgIpc) is 3.09. The maximum absolute atomic E-state index is 14.2. The Kier molecular flexibility index (Phi) is 7.67. The highest BCUT2D eigenvalue weighted by atomic mass is 19.1. The first kappa shape index (κ1) is 23.1. The van der Waals surface area contributed by atoms with E-state index in [2.05, 4.69) is 10.4 Å². The van der Waals surface area contributed by atoms with Gasteiger partial charge in [0.05, 0.1) is 25.4 Å². The molecule has 0 bridgehead atoms. The molecule has 0 spiro atoms. The van der Waals surface area contributed by atoms with Crippen molar-refractivity contribution < 1.29 is 23.1 Å². The smallest absolute Gasteiger partial charge is 0.320 e. The fourth-order valence-corrected chi connectivity index (χ4v) is 3.19. The van der Waals surface area contributed by atoms with Gasteiger partial charge >= 0.3 is 5.97 Å². The molecule has 168 valence electrons. The van der Waals surface area contributed by atoms with Crippen LogP contribution in [0.4, 0.5) is 14.6 Å². The predicted molar refractivity (Wildman–Crippen MR) is 115 cm³/mol. The van der Waals surface area contributed by atoms with E-state index in [-0.39, 0.29) is 37.7 Å². The maximum Gasteiger partial charge on any atom is 0.320 e. The molecule has 0 aliphatic heterocycles. The number of aromatic nitrogens is 2. The summed E-state index contributed by atoms with van der Waals surface area (Å²) in [6.07, 6.45) is 0. The molecule has 2 aromatic carbocycles. The molecule has 0 fully saturated rings. The molecule has 9 heteroatoms. The first-order valence-electron chi connectivity index (χ1n) is 10.1. The summed E-state index contributed by atoms with van der Waals surface area (Å²) in [6.45, 7) is 3.62. The van der Waals surface area contributed by atoms with Crippen molar-refractivity contribution in [3.63, 3.8) is 0 Å². The third-order valence-electron chi connectivity index (χ3n) is 4.52. The number of hydrogen-bond donors (Lipinski definition) is 1. The molecule has 0 saturated carbocycles. The SMILES string of the molecule is CCOC(=O)CN(CC(=O)Nc1cc(C)nn1-c1ccccc1F)Cc1ccc(F)cc1. The fraction of sp³-hybridized carbons (Fsp3) is 0.261. The van der Waals surface area contributed by atoms with E-state index in [0.717, 1.165) is 5.56 Å². The van der Waals surface area contributed by atoms with Gasteiger partial charge < -0.3 is 10.1 Å². The molecule has 0 aliphatic rings. The zero-order chi connectivity index (χ0) is 23.1. The molecule has 1 amide bonds. The van der Waals surface area contributed by atoms with Crippen LogP contribution in [0.1, 0.15) is 18.2 Å². The number of hydrogen-bond acceptors (Lipinski definition) is 5. The Labute approximate surface area is 184 Å². The monoisotopic (exact) mass is 442 g/mol. The minimum absolute atomic E-state index is 0.121. The van der Waals surface area contributed by atoms with Gasteiger partial charge in [-0.15, -0.1) is 0 Å². The van der Waals surface area contributed by atoms with Crippen molar-refractivity contribution in [2.24, 2.45) is 0 Å². The van der Waals surface area contributed by atoms with E-state index in [1.165, 1.54) is 22.9 Å². The topological polar surface area (TPSA) is 76.5 Å². The standard InChI is InChI=1S/C23H24F2N4O3/c1-3-32-23(31)15-28(13-17-8-10-18(24)11-9-17)14-22(30)26-21-12-16(2)27-29(21)20-7-5-4-6-19(20)25/h4-12H,3,13-15H2,1-2H3,(H,26,30). The number of halogens is 2. The van der Waals surface area contributed by atoms with Gasteiger partial charge in [-0.2, -0.15) is 5.10 Å². The summed E-state index contributed by atoms with van der Waals surface area (Å²) >= 11 is 0. The van der Waals surface area contributed by atoms with Gasteiger partial charge in [0.2, 0.25) is 5.91 Å². The van der Waals surface area contributed by atoms with Gasteiger partial charge in [-0.3, -0.25) is 14.5 Å². The summed E-state index contributed by atoms with van der Waals surface area (Å²) in [7, 11) is 0. The van der Waals surface area contributed by atoms with E-state index in [1.807, 2.05) is 0 Å². The minimum atomic E-state index is -0.480. The number of carbonyl (C=O) groups excluding carboxylic acids is 2. The number of carbonyl (C=O) groups is 2. The van der Waals surface area contributed by atoms with E-state index in [4.69, 9.17) is 4.74 Å². The van der Waals surface area contributed by atoms with Crippen molar-refractivity contribution in [2.75, 3.05) is 25.0 Å². The van der Waals surface area contributed by atoms with E-state index in [9.17, 15) is 18.4 Å². The summed E-state index contributed by atoms with van der Waals surface area (Å²) in [5.74, 6) is -1.45. The number of esters is 1. The fourth-order valence-electron chi connectivity index (χ4n) is 3.19. The highest BCUT2D eigenvalue weighted by Crippen LogP contribution is 2.19. The van der Waals surface area contributed by atoms with Crippen molar-refractivity contribution in [3.8, 4) is 5.69 Å². The summed E-state index contributed by atoms with van der Waals surface area (Å²) in [6, 6.07) is 13.5. The lowest BCUT2D eigenvalue weighted by atomic mass is 10.2. The third-order valence-corrected chi connectivity index (χ3v) is 4.52. The minimum Gasteiger partial charge on any atom is -0.465 e. The van der Waals surface area contributed by atoms with Crippen molar-refractivity contribution in [2.45, 2.75) is 20.4 Å². The molecule has 3 rings (SSSR count). The van der Waals surface area contributed by atoms with Crippen LogP contribution in [-0.4, -0.2) is 46.3 Å². The molecule has 0 aliphatic carbocycles. The largest absolute Gasteiger partial charge is 0.465 e. The van der Waals surface area contributed by atoms with Gasteiger partial charge in [0.25, 0.3) is 0 Å². The second-order valence-corrected chi connectivity index (χ2v) is 7.16. The van der Waals surface area contributed by atoms with Gasteiger partial charge in [-0.1, -0.05) is 24.3 Å². The van der Waals surface area contributed by atoms with Gasteiger partial charge in [0.1, 0.15) is 23.1 Å². The number of amides is 1. The molecule has 1 aromatic heterocycles. The number of anilines is 1. The molecular formula is C23H24F2N4O3. The third kappa shape index (κ3) is 6.21. The Bertz CT molecular complexity index is 1080. The van der Waals surface area contributed by atoms with Crippen LogP contribution in [0.2, 0.25) is 0 Å². The van der Waals surface area contributed by atoms with Crippen molar-refractivity contribution in [1.29, 1.82) is 0 Å². The van der Waals surface area contributed by atoms with Crippen molar-refractivity contribution in [1.82, 2.24) is 14.7 Å². The van der Waals surface area contributed by atoms with E-state index in [1.54, 1.807) is 55.1 Å². The van der Waals surface area contributed by atoms with Crippen LogP contribution in [0.3, 0.4) is 0 Å². The molecule has 1 heterocycles. The van der Waals surface area contributed by atoms with Gasteiger partial charge in [-0.05, 0) is 43.7 Å². The zero-order valence-corrected chi connectivity index (χ0v) is 17.8. The van der Waals surface area contributed by atoms with Crippen LogP contribution in [0.5, 0.6) is 0 Å². The number of aryl methyl sites for hydroxylation is 1. The van der Waals surface area contributed by atoms with Crippen LogP contribution in [-0.2, 0) is 20.9 Å². The number of nitrogens with zero attached hydrogens (tertiary/aromatic N) is 3. The van der Waals surface area contributed by atoms with Crippen molar-refractivity contribution >= 4 is 17.7 Å². The second kappa shape index (κ2) is 10.6. The highest BCUT2D eigenvalue weighted by molar-refractivity contribution is 5.92. The number of para-hydroxylation sites is 1. The summed E-state index contributed by atoms with van der Waals surface area (Å²) in [5, 5.41) is 6.99. The normalized spacial score (nSPS) is 10.9. The molecule has 0 saturated heterocycles. The second-order valence-electron chi connectivity index (χ2n) is 7.16. The first-order valence-corrected chi connectivity index (χ1v) is 10.1. The lowest BCUT2D eigenvalue weighted by molar-refractivity contribution is -0.144. The summed E-state index contributed by atoms with van der Waals surface area (Å²) in [5.41, 5.74) is 1.53. The number of benzene rings is 2. The molecule has 0 radical (unpaired) electrons. The first-order chi connectivity index (χ1) is 15.4.